The molecule has 1 aliphatic heterocycles. The third-order valence-corrected chi connectivity index (χ3v) is 3.57. The Morgan fingerprint density at radius 3 is 2.30 bits per heavy atom. The predicted molar refractivity (Wildman–Crippen MR) is 88.9 cm³/mol. The van der Waals surface area contributed by atoms with E-state index in [1.54, 1.807) is 11.8 Å². The van der Waals surface area contributed by atoms with Crippen LogP contribution in [0.15, 0.2) is 24.3 Å². The fraction of sp³-hybridized carbons (Fsp3) is 0.467. The molecule has 128 valence electrons. The fourth-order valence-electron chi connectivity index (χ4n) is 2.35. The Morgan fingerprint density at radius 2 is 1.78 bits per heavy atom. The topological polar surface area (TPSA) is 78.7 Å². The van der Waals surface area contributed by atoms with Gasteiger partial charge < -0.3 is 16.0 Å². The zero-order chi connectivity index (χ0) is 16.1. The molecule has 1 aromatic carbocycles. The minimum absolute atomic E-state index is 0. The number of rotatable bonds is 4. The van der Waals surface area contributed by atoms with Gasteiger partial charge in [0.05, 0.1) is 12.6 Å². The van der Waals surface area contributed by atoms with Crippen LogP contribution in [-0.4, -0.2) is 60.4 Å². The molecule has 1 fully saturated rings. The zero-order valence-electron chi connectivity index (χ0n) is 13.0. The van der Waals surface area contributed by atoms with E-state index in [9.17, 15) is 14.0 Å². The molecule has 3 N–H and O–H groups in total. The smallest absolute Gasteiger partial charge is 0.239 e. The van der Waals surface area contributed by atoms with E-state index in [2.05, 4.69) is 5.32 Å². The summed E-state index contributed by atoms with van der Waals surface area (Å²) in [6.07, 6.45) is 0. The van der Waals surface area contributed by atoms with Crippen molar-refractivity contribution >= 4 is 29.9 Å². The van der Waals surface area contributed by atoms with Gasteiger partial charge in [-0.3, -0.25) is 14.5 Å². The quantitative estimate of drug-likeness (QED) is 0.842. The number of amides is 2. The highest BCUT2D eigenvalue weighted by Crippen LogP contribution is 2.09. The van der Waals surface area contributed by atoms with E-state index in [-0.39, 0.29) is 36.6 Å². The van der Waals surface area contributed by atoms with Crippen molar-refractivity contribution in [1.82, 2.24) is 9.80 Å². The largest absolute Gasteiger partial charge is 0.339 e. The van der Waals surface area contributed by atoms with Crippen molar-refractivity contribution in [3.63, 3.8) is 0 Å². The van der Waals surface area contributed by atoms with Gasteiger partial charge in [0.1, 0.15) is 5.82 Å². The monoisotopic (exact) mass is 344 g/mol. The molecule has 0 aliphatic carbocycles. The van der Waals surface area contributed by atoms with Crippen LogP contribution in [0.2, 0.25) is 0 Å². The van der Waals surface area contributed by atoms with E-state index in [4.69, 9.17) is 5.73 Å². The van der Waals surface area contributed by atoms with Crippen LogP contribution in [0.5, 0.6) is 0 Å². The molecule has 0 aromatic heterocycles. The number of hydrogen-bond acceptors (Lipinski definition) is 4. The number of carbonyl (C=O) groups excluding carboxylic acids is 2. The maximum atomic E-state index is 12.8. The van der Waals surface area contributed by atoms with Crippen LogP contribution < -0.4 is 11.1 Å². The maximum Gasteiger partial charge on any atom is 0.239 e. The molecule has 1 aliphatic rings. The summed E-state index contributed by atoms with van der Waals surface area (Å²) < 4.78 is 12.8. The number of benzene rings is 1. The predicted octanol–water partition coefficient (Wildman–Crippen LogP) is 0.677. The second-order valence-corrected chi connectivity index (χ2v) is 5.45. The van der Waals surface area contributed by atoms with Gasteiger partial charge in [-0.25, -0.2) is 4.39 Å². The molecule has 8 heteroatoms. The van der Waals surface area contributed by atoms with Gasteiger partial charge in [-0.2, -0.15) is 0 Å². The van der Waals surface area contributed by atoms with E-state index >= 15 is 0 Å². The second-order valence-electron chi connectivity index (χ2n) is 5.45. The highest BCUT2D eigenvalue weighted by Gasteiger charge is 2.23. The number of anilines is 1. The molecule has 1 atom stereocenters. The molecule has 0 saturated carbocycles. The number of nitrogens with two attached hydrogens (primary N) is 1. The van der Waals surface area contributed by atoms with Crippen LogP contribution in [0.4, 0.5) is 10.1 Å². The Hall–Kier alpha value is -1.70. The lowest BCUT2D eigenvalue weighted by Gasteiger charge is -2.35. The van der Waals surface area contributed by atoms with Gasteiger partial charge in [-0.1, -0.05) is 0 Å². The maximum absolute atomic E-state index is 12.8. The van der Waals surface area contributed by atoms with Crippen LogP contribution in [0.25, 0.3) is 0 Å². The Kier molecular flexibility index (Phi) is 7.41. The molecule has 23 heavy (non-hydrogen) atoms. The standard InChI is InChI=1S/C15H21FN4O2.ClH/c1-11(17)15(22)20-8-6-19(7-9-20)10-14(21)18-13-4-2-12(16)3-5-13;/h2-5,11H,6-10,17H2,1H3,(H,18,21);1H. The van der Waals surface area contributed by atoms with E-state index in [1.807, 2.05) is 4.90 Å². The first kappa shape index (κ1) is 19.3. The minimum Gasteiger partial charge on any atom is -0.339 e. The summed E-state index contributed by atoms with van der Waals surface area (Å²) in [4.78, 5) is 27.4. The highest BCUT2D eigenvalue weighted by molar-refractivity contribution is 5.92. The van der Waals surface area contributed by atoms with Gasteiger partial charge in [0.25, 0.3) is 0 Å². The molecular weight excluding hydrogens is 323 g/mol. The summed E-state index contributed by atoms with van der Waals surface area (Å²) in [5, 5.41) is 2.72. The molecule has 6 nitrogen and oxygen atoms in total. The summed E-state index contributed by atoms with van der Waals surface area (Å²) in [5.41, 5.74) is 6.15. The molecule has 2 rings (SSSR count). The molecular formula is C15H22ClFN4O2. The van der Waals surface area contributed by atoms with Crippen LogP contribution in [0.3, 0.4) is 0 Å². The summed E-state index contributed by atoms with van der Waals surface area (Å²) in [7, 11) is 0. The summed E-state index contributed by atoms with van der Waals surface area (Å²) in [5.74, 6) is -0.554. The molecule has 1 heterocycles. The number of nitrogens with one attached hydrogen (secondary N) is 1. The van der Waals surface area contributed by atoms with Crippen molar-refractivity contribution in [2.45, 2.75) is 13.0 Å². The van der Waals surface area contributed by atoms with E-state index in [0.717, 1.165) is 0 Å². The number of carbonyl (C=O) groups is 2. The summed E-state index contributed by atoms with van der Waals surface area (Å²) in [6.45, 7) is 4.33. The fourth-order valence-corrected chi connectivity index (χ4v) is 2.35. The zero-order valence-corrected chi connectivity index (χ0v) is 13.8. The van der Waals surface area contributed by atoms with E-state index in [0.29, 0.717) is 31.9 Å². The van der Waals surface area contributed by atoms with Crippen LogP contribution in [0.1, 0.15) is 6.92 Å². The molecule has 1 unspecified atom stereocenters. The minimum atomic E-state index is -0.492. The van der Waals surface area contributed by atoms with Crippen LogP contribution >= 0.6 is 12.4 Å². The SMILES string of the molecule is CC(N)C(=O)N1CCN(CC(=O)Nc2ccc(F)cc2)CC1.Cl. The first-order valence-electron chi connectivity index (χ1n) is 7.28. The molecule has 1 saturated heterocycles. The summed E-state index contributed by atoms with van der Waals surface area (Å²) in [6, 6.07) is 5.15. The lowest BCUT2D eigenvalue weighted by atomic mass is 10.2. The third-order valence-electron chi connectivity index (χ3n) is 3.57. The van der Waals surface area contributed by atoms with Crippen LogP contribution in [0, 0.1) is 5.82 Å². The van der Waals surface area contributed by atoms with Gasteiger partial charge in [0.2, 0.25) is 11.8 Å². The molecule has 1 aromatic rings. The van der Waals surface area contributed by atoms with E-state index < -0.39 is 6.04 Å². The van der Waals surface area contributed by atoms with Gasteiger partial charge in [-0.15, -0.1) is 12.4 Å². The number of hydrogen-bond donors (Lipinski definition) is 2. The van der Waals surface area contributed by atoms with Crippen molar-refractivity contribution in [2.75, 3.05) is 38.0 Å². The molecule has 0 spiro atoms. The van der Waals surface area contributed by atoms with Crippen molar-refractivity contribution in [2.24, 2.45) is 5.73 Å². The average molecular weight is 345 g/mol. The van der Waals surface area contributed by atoms with Crippen molar-refractivity contribution < 1.29 is 14.0 Å². The molecule has 2 amide bonds. The Balaban J connectivity index is 0.00000264. The Labute approximate surface area is 141 Å². The van der Waals surface area contributed by atoms with Gasteiger partial charge in [0, 0.05) is 31.9 Å². The highest BCUT2D eigenvalue weighted by atomic mass is 35.5. The number of nitrogens with zero attached hydrogens (tertiary/aromatic N) is 2. The lowest BCUT2D eigenvalue weighted by molar-refractivity contribution is -0.134. The Bertz CT molecular complexity index is 531. The van der Waals surface area contributed by atoms with Gasteiger partial charge in [-0.05, 0) is 31.2 Å². The molecule has 0 radical (unpaired) electrons. The van der Waals surface area contributed by atoms with Crippen molar-refractivity contribution in [3.05, 3.63) is 30.1 Å². The second kappa shape index (κ2) is 8.81. The third kappa shape index (κ3) is 5.78. The number of halogens is 2. The van der Waals surface area contributed by atoms with E-state index in [1.165, 1.54) is 24.3 Å². The van der Waals surface area contributed by atoms with Gasteiger partial charge >= 0.3 is 0 Å². The lowest BCUT2D eigenvalue weighted by Crippen LogP contribution is -2.53. The normalized spacial score (nSPS) is 16.4. The van der Waals surface area contributed by atoms with Gasteiger partial charge in [0.15, 0.2) is 0 Å². The average Bonchev–Trinajstić information content (AvgIpc) is 2.49. The Morgan fingerprint density at radius 1 is 1.22 bits per heavy atom. The first-order chi connectivity index (χ1) is 10.5. The van der Waals surface area contributed by atoms with Crippen molar-refractivity contribution in [1.29, 1.82) is 0 Å². The molecule has 0 bridgehead atoms. The first-order valence-corrected chi connectivity index (χ1v) is 7.28. The van der Waals surface area contributed by atoms with Crippen LogP contribution in [-0.2, 0) is 9.59 Å². The number of piperazine rings is 1. The summed E-state index contributed by atoms with van der Waals surface area (Å²) >= 11 is 0. The van der Waals surface area contributed by atoms with Crippen molar-refractivity contribution in [3.8, 4) is 0 Å².